The fourth-order valence-electron chi connectivity index (χ4n) is 3.71. The van der Waals surface area contributed by atoms with Gasteiger partial charge in [-0.25, -0.2) is 4.79 Å². The van der Waals surface area contributed by atoms with E-state index in [-0.39, 0.29) is 19.1 Å². The summed E-state index contributed by atoms with van der Waals surface area (Å²) in [7, 11) is 0. The fraction of sp³-hybridized carbons (Fsp3) is 0.217. The van der Waals surface area contributed by atoms with E-state index in [0.29, 0.717) is 9.75 Å². The lowest BCUT2D eigenvalue weighted by molar-refractivity contribution is 0.0206. The number of nitrogens with one attached hydrogen (secondary N) is 1. The number of carbonyl (C=O) groups excluding carboxylic acids is 1. The lowest BCUT2D eigenvalue weighted by Crippen LogP contribution is -2.36. The van der Waals surface area contributed by atoms with Crippen molar-refractivity contribution in [2.45, 2.75) is 18.1 Å². The van der Waals surface area contributed by atoms with Crippen molar-refractivity contribution < 1.29 is 19.7 Å². The molecule has 1 aromatic heterocycles. The molecule has 0 saturated carbocycles. The fourth-order valence-corrected chi connectivity index (χ4v) is 4.56. The average molecular weight is 420 g/mol. The first kappa shape index (κ1) is 20.1. The van der Waals surface area contributed by atoms with Gasteiger partial charge < -0.3 is 20.3 Å². The molecule has 0 saturated heterocycles. The van der Waals surface area contributed by atoms with Crippen LogP contribution in [0.25, 0.3) is 11.1 Å². The van der Waals surface area contributed by atoms with E-state index in [0.717, 1.165) is 33.6 Å². The Labute approximate surface area is 178 Å². The highest BCUT2D eigenvalue weighted by Gasteiger charge is 2.29. The minimum Gasteiger partial charge on any atom is -0.449 e. The molecule has 7 heteroatoms. The summed E-state index contributed by atoms with van der Waals surface area (Å²) >= 11 is 1.10. The molecular formula is C23H20N2O4S. The summed E-state index contributed by atoms with van der Waals surface area (Å²) in [6, 6.07) is 21.3. The van der Waals surface area contributed by atoms with Gasteiger partial charge in [0.25, 0.3) is 0 Å². The summed E-state index contributed by atoms with van der Waals surface area (Å²) in [5, 5.41) is 31.7. The highest BCUT2D eigenvalue weighted by atomic mass is 32.1. The number of alkyl carbamates (subject to hydrolysis) is 1. The van der Waals surface area contributed by atoms with Crippen molar-refractivity contribution >= 4 is 17.4 Å². The van der Waals surface area contributed by atoms with E-state index in [1.807, 2.05) is 42.5 Å². The zero-order chi connectivity index (χ0) is 21.1. The number of hydrogen-bond acceptors (Lipinski definition) is 6. The molecule has 3 aromatic rings. The number of amides is 1. The van der Waals surface area contributed by atoms with Gasteiger partial charge in [0, 0.05) is 17.3 Å². The van der Waals surface area contributed by atoms with Gasteiger partial charge in [-0.3, -0.25) is 0 Å². The molecular weight excluding hydrogens is 400 g/mol. The van der Waals surface area contributed by atoms with Gasteiger partial charge >= 0.3 is 6.09 Å². The summed E-state index contributed by atoms with van der Waals surface area (Å²) in [5.74, 6) is -0.0471. The molecule has 6 nitrogen and oxygen atoms in total. The number of thiophene rings is 1. The Balaban J connectivity index is 1.34. The summed E-state index contributed by atoms with van der Waals surface area (Å²) in [4.78, 5) is 13.1. The van der Waals surface area contributed by atoms with Gasteiger partial charge in [-0.2, -0.15) is 5.26 Å². The van der Waals surface area contributed by atoms with E-state index < -0.39 is 18.3 Å². The first-order chi connectivity index (χ1) is 14.6. The molecule has 0 bridgehead atoms. The number of nitrogens with zero attached hydrogens (tertiary/aromatic N) is 1. The van der Waals surface area contributed by atoms with Crippen molar-refractivity contribution in [2.24, 2.45) is 0 Å². The quantitative estimate of drug-likeness (QED) is 0.566. The van der Waals surface area contributed by atoms with Crippen molar-refractivity contribution in [3.8, 4) is 17.2 Å². The molecule has 4 rings (SSSR count). The number of benzene rings is 2. The molecule has 1 aliphatic carbocycles. The molecule has 2 atom stereocenters. The average Bonchev–Trinajstić information content (AvgIpc) is 3.38. The van der Waals surface area contributed by atoms with Crippen LogP contribution in [0.15, 0.2) is 60.7 Å². The van der Waals surface area contributed by atoms with Crippen LogP contribution in [-0.2, 0) is 4.74 Å². The Morgan fingerprint density at radius 2 is 1.70 bits per heavy atom. The van der Waals surface area contributed by atoms with E-state index in [2.05, 4.69) is 17.4 Å². The predicted molar refractivity (Wildman–Crippen MR) is 113 cm³/mol. The molecule has 152 valence electrons. The second-order valence-corrected chi connectivity index (χ2v) is 8.15. The van der Waals surface area contributed by atoms with Crippen LogP contribution in [0.1, 0.15) is 32.9 Å². The molecule has 2 aromatic carbocycles. The smallest absolute Gasteiger partial charge is 0.407 e. The van der Waals surface area contributed by atoms with Gasteiger partial charge in [0.2, 0.25) is 0 Å². The number of rotatable bonds is 6. The summed E-state index contributed by atoms with van der Waals surface area (Å²) < 4.78 is 5.41. The Kier molecular flexibility index (Phi) is 5.81. The normalized spacial score (nSPS) is 14.3. The van der Waals surface area contributed by atoms with Gasteiger partial charge in [-0.05, 0) is 34.4 Å². The van der Waals surface area contributed by atoms with Crippen molar-refractivity contribution in [2.75, 3.05) is 13.2 Å². The Morgan fingerprint density at radius 1 is 1.07 bits per heavy atom. The van der Waals surface area contributed by atoms with E-state index >= 15 is 0 Å². The van der Waals surface area contributed by atoms with Crippen molar-refractivity contribution in [3.05, 3.63) is 81.5 Å². The molecule has 1 amide bonds. The zero-order valence-corrected chi connectivity index (χ0v) is 16.8. The second kappa shape index (κ2) is 8.67. The van der Waals surface area contributed by atoms with Crippen LogP contribution in [0.3, 0.4) is 0 Å². The number of carbonyl (C=O) groups is 1. The van der Waals surface area contributed by atoms with Gasteiger partial charge in [-0.1, -0.05) is 48.5 Å². The minimum atomic E-state index is -1.21. The third-order valence-corrected chi connectivity index (χ3v) is 6.25. The maximum atomic E-state index is 12.2. The summed E-state index contributed by atoms with van der Waals surface area (Å²) in [6.07, 6.45) is -3.06. The monoisotopic (exact) mass is 420 g/mol. The van der Waals surface area contributed by atoms with Crippen LogP contribution in [-0.4, -0.2) is 35.6 Å². The molecule has 2 unspecified atom stereocenters. The van der Waals surface area contributed by atoms with Crippen molar-refractivity contribution in [1.82, 2.24) is 5.32 Å². The number of ether oxygens (including phenoxy) is 1. The first-order valence-electron chi connectivity index (χ1n) is 9.53. The van der Waals surface area contributed by atoms with Crippen LogP contribution < -0.4 is 5.32 Å². The largest absolute Gasteiger partial charge is 0.449 e. The Bertz CT molecular complexity index is 1060. The molecule has 1 heterocycles. The molecule has 1 aliphatic rings. The van der Waals surface area contributed by atoms with Gasteiger partial charge in [0.05, 0.1) is 0 Å². The number of fused-ring (bicyclic) bond motifs is 3. The van der Waals surface area contributed by atoms with Gasteiger partial charge in [0.1, 0.15) is 29.8 Å². The van der Waals surface area contributed by atoms with E-state index in [9.17, 15) is 15.0 Å². The molecule has 0 aliphatic heterocycles. The number of nitriles is 1. The molecule has 0 fully saturated rings. The SMILES string of the molecule is N#Cc1ccc(C(O)C(O)CNC(=O)OCC2c3ccccc3-c3ccccc32)s1. The first-order valence-corrected chi connectivity index (χ1v) is 10.3. The third-order valence-electron chi connectivity index (χ3n) is 5.19. The molecule has 3 N–H and O–H groups in total. The third kappa shape index (κ3) is 3.94. The zero-order valence-electron chi connectivity index (χ0n) is 16.0. The van der Waals surface area contributed by atoms with Crippen LogP contribution in [0.2, 0.25) is 0 Å². The minimum absolute atomic E-state index is 0.0471. The Hall–Kier alpha value is -3.18. The number of hydrogen-bond donors (Lipinski definition) is 3. The van der Waals surface area contributed by atoms with E-state index in [4.69, 9.17) is 10.00 Å². The number of aliphatic hydroxyl groups is 2. The van der Waals surface area contributed by atoms with Gasteiger partial charge in [-0.15, -0.1) is 11.3 Å². The molecule has 30 heavy (non-hydrogen) atoms. The van der Waals surface area contributed by atoms with Crippen molar-refractivity contribution in [3.63, 3.8) is 0 Å². The molecule has 0 spiro atoms. The lowest BCUT2D eigenvalue weighted by atomic mass is 9.98. The summed E-state index contributed by atoms with van der Waals surface area (Å²) in [5.41, 5.74) is 4.53. The second-order valence-electron chi connectivity index (χ2n) is 7.03. The van der Waals surface area contributed by atoms with Crippen molar-refractivity contribution in [1.29, 1.82) is 5.26 Å². The maximum Gasteiger partial charge on any atom is 0.407 e. The van der Waals surface area contributed by atoms with Crippen LogP contribution in [0.5, 0.6) is 0 Å². The van der Waals surface area contributed by atoms with Crippen LogP contribution >= 0.6 is 11.3 Å². The van der Waals surface area contributed by atoms with Gasteiger partial charge in [0.15, 0.2) is 0 Å². The maximum absolute atomic E-state index is 12.2. The van der Waals surface area contributed by atoms with Crippen LogP contribution in [0.4, 0.5) is 4.79 Å². The van der Waals surface area contributed by atoms with E-state index in [1.165, 1.54) is 0 Å². The van der Waals surface area contributed by atoms with Crippen LogP contribution in [0, 0.1) is 11.3 Å². The highest BCUT2D eigenvalue weighted by Crippen LogP contribution is 2.44. The molecule has 0 radical (unpaired) electrons. The predicted octanol–water partition coefficient (Wildman–Crippen LogP) is 3.55. The number of aliphatic hydroxyl groups excluding tert-OH is 2. The summed E-state index contributed by atoms with van der Waals surface area (Å²) in [6.45, 7) is 0.00654. The van der Waals surface area contributed by atoms with E-state index in [1.54, 1.807) is 12.1 Å². The topological polar surface area (TPSA) is 103 Å². The lowest BCUT2D eigenvalue weighted by Gasteiger charge is -2.18. The Morgan fingerprint density at radius 3 is 2.30 bits per heavy atom. The standard InChI is InChI=1S/C23H20N2O4S/c24-11-14-9-10-21(30-14)22(27)20(26)12-25-23(28)29-13-19-17-7-3-1-5-15(17)16-6-2-4-8-18(16)19/h1-10,19-20,22,26-27H,12-13H2,(H,25,28). The highest BCUT2D eigenvalue weighted by molar-refractivity contribution is 7.12.